The lowest BCUT2D eigenvalue weighted by molar-refractivity contribution is 0.0872. The normalized spacial score (nSPS) is 16.9. The molecule has 98 valence electrons. The van der Waals surface area contributed by atoms with Gasteiger partial charge in [-0.3, -0.25) is 0 Å². The van der Waals surface area contributed by atoms with Gasteiger partial charge in [0.25, 0.3) is 0 Å². The monoisotopic (exact) mass is 247 g/mol. The molecular formula is C15H21NO2. The van der Waals surface area contributed by atoms with Gasteiger partial charge in [0.15, 0.2) is 0 Å². The van der Waals surface area contributed by atoms with Crippen molar-refractivity contribution in [3.63, 3.8) is 0 Å². The van der Waals surface area contributed by atoms with E-state index in [1.165, 1.54) is 12.0 Å². The molecule has 0 saturated heterocycles. The zero-order valence-corrected chi connectivity index (χ0v) is 10.7. The summed E-state index contributed by atoms with van der Waals surface area (Å²) in [6.07, 6.45) is 5.09. The van der Waals surface area contributed by atoms with Crippen LogP contribution in [-0.4, -0.2) is 23.9 Å². The fourth-order valence-electron chi connectivity index (χ4n) is 2.14. The molecule has 0 aromatic heterocycles. The Hall–Kier alpha value is -1.32. The highest BCUT2D eigenvalue weighted by Crippen LogP contribution is 2.31. The van der Waals surface area contributed by atoms with Crippen molar-refractivity contribution in [2.45, 2.75) is 31.3 Å². The average Bonchev–Trinajstić information content (AvgIpc) is 2.37. The molecule has 0 radical (unpaired) electrons. The number of aliphatic hydroxyl groups is 1. The van der Waals surface area contributed by atoms with Crippen LogP contribution in [0.4, 0.5) is 0 Å². The quantitative estimate of drug-likeness (QED) is 0.726. The van der Waals surface area contributed by atoms with E-state index in [1.807, 2.05) is 12.1 Å². The smallest absolute Gasteiger partial charge is 0.119 e. The van der Waals surface area contributed by atoms with Gasteiger partial charge in [-0.2, -0.15) is 0 Å². The van der Waals surface area contributed by atoms with Crippen molar-refractivity contribution in [2.75, 3.05) is 13.2 Å². The Bertz CT molecular complexity index is 376. The highest BCUT2D eigenvalue weighted by molar-refractivity contribution is 5.27. The molecule has 0 bridgehead atoms. The van der Waals surface area contributed by atoms with E-state index >= 15 is 0 Å². The van der Waals surface area contributed by atoms with Crippen molar-refractivity contribution in [1.82, 2.24) is 5.32 Å². The standard InChI is InChI=1S/C15H21NO2/c1-2-10-18-14-6-4-13(5-7-14)11-16-15(12-17)8-3-9-15/h2,4-7,16-17H,1,3,8-12H2. The molecule has 1 aromatic rings. The minimum Gasteiger partial charge on any atom is -0.490 e. The van der Waals surface area contributed by atoms with Gasteiger partial charge in [0.05, 0.1) is 6.61 Å². The fraction of sp³-hybridized carbons (Fsp3) is 0.467. The van der Waals surface area contributed by atoms with E-state index in [0.29, 0.717) is 6.61 Å². The van der Waals surface area contributed by atoms with Crippen molar-refractivity contribution in [3.05, 3.63) is 42.5 Å². The average molecular weight is 247 g/mol. The molecule has 1 fully saturated rings. The molecular weight excluding hydrogens is 226 g/mol. The number of hydrogen-bond donors (Lipinski definition) is 2. The second kappa shape index (κ2) is 6.03. The van der Waals surface area contributed by atoms with Crippen molar-refractivity contribution >= 4 is 0 Å². The first-order valence-corrected chi connectivity index (χ1v) is 6.46. The van der Waals surface area contributed by atoms with E-state index in [9.17, 15) is 5.11 Å². The van der Waals surface area contributed by atoms with Crippen LogP contribution in [0.1, 0.15) is 24.8 Å². The number of benzene rings is 1. The third kappa shape index (κ3) is 3.12. The lowest BCUT2D eigenvalue weighted by Gasteiger charge is -2.41. The van der Waals surface area contributed by atoms with Gasteiger partial charge in [0, 0.05) is 12.1 Å². The summed E-state index contributed by atoms with van der Waals surface area (Å²) in [4.78, 5) is 0. The maximum Gasteiger partial charge on any atom is 0.119 e. The van der Waals surface area contributed by atoms with Crippen molar-refractivity contribution in [2.24, 2.45) is 0 Å². The first-order valence-electron chi connectivity index (χ1n) is 6.46. The van der Waals surface area contributed by atoms with Gasteiger partial charge in [0.2, 0.25) is 0 Å². The van der Waals surface area contributed by atoms with Gasteiger partial charge < -0.3 is 15.2 Å². The van der Waals surface area contributed by atoms with Crippen LogP contribution in [0.15, 0.2) is 36.9 Å². The summed E-state index contributed by atoms with van der Waals surface area (Å²) in [5.41, 5.74) is 1.18. The van der Waals surface area contributed by atoms with Gasteiger partial charge in [-0.05, 0) is 37.0 Å². The van der Waals surface area contributed by atoms with E-state index in [4.69, 9.17) is 4.74 Å². The first-order chi connectivity index (χ1) is 8.78. The molecule has 1 aliphatic carbocycles. The van der Waals surface area contributed by atoms with Crippen LogP contribution in [0.5, 0.6) is 5.75 Å². The van der Waals surface area contributed by atoms with E-state index < -0.39 is 0 Å². The molecule has 2 rings (SSSR count). The number of hydrogen-bond acceptors (Lipinski definition) is 3. The second-order valence-electron chi connectivity index (χ2n) is 4.89. The molecule has 0 heterocycles. The molecule has 1 saturated carbocycles. The largest absolute Gasteiger partial charge is 0.490 e. The number of aliphatic hydroxyl groups excluding tert-OH is 1. The molecule has 1 aromatic carbocycles. The van der Waals surface area contributed by atoms with Crippen molar-refractivity contribution < 1.29 is 9.84 Å². The zero-order chi connectivity index (χ0) is 12.8. The summed E-state index contributed by atoms with van der Waals surface area (Å²) in [5.74, 6) is 0.860. The Balaban J connectivity index is 1.84. The van der Waals surface area contributed by atoms with Crippen LogP contribution in [-0.2, 0) is 6.54 Å². The summed E-state index contributed by atoms with van der Waals surface area (Å²) in [7, 11) is 0. The zero-order valence-electron chi connectivity index (χ0n) is 10.7. The van der Waals surface area contributed by atoms with Gasteiger partial charge in [-0.15, -0.1) is 0 Å². The second-order valence-corrected chi connectivity index (χ2v) is 4.89. The highest BCUT2D eigenvalue weighted by atomic mass is 16.5. The minimum atomic E-state index is -0.0298. The number of nitrogens with one attached hydrogen (secondary N) is 1. The minimum absolute atomic E-state index is 0.0298. The first kappa shape index (κ1) is 13.1. The molecule has 0 atom stereocenters. The number of ether oxygens (including phenoxy) is 1. The molecule has 0 unspecified atom stereocenters. The van der Waals surface area contributed by atoms with Crippen LogP contribution in [0.2, 0.25) is 0 Å². The molecule has 0 spiro atoms. The summed E-state index contributed by atoms with van der Waals surface area (Å²) in [5, 5.41) is 12.8. The Labute approximate surface area is 108 Å². The summed E-state index contributed by atoms with van der Waals surface area (Å²) in [6.45, 7) is 5.17. The van der Waals surface area contributed by atoms with E-state index in [1.54, 1.807) is 6.08 Å². The lowest BCUT2D eigenvalue weighted by Crippen LogP contribution is -2.53. The molecule has 1 aliphatic rings. The van der Waals surface area contributed by atoms with E-state index in [2.05, 4.69) is 24.0 Å². The Morgan fingerprint density at radius 2 is 2.06 bits per heavy atom. The maximum atomic E-state index is 9.36. The van der Waals surface area contributed by atoms with Crippen molar-refractivity contribution in [3.8, 4) is 5.75 Å². The van der Waals surface area contributed by atoms with E-state index in [-0.39, 0.29) is 12.1 Å². The Morgan fingerprint density at radius 3 is 2.56 bits per heavy atom. The van der Waals surface area contributed by atoms with Gasteiger partial charge in [-0.1, -0.05) is 24.8 Å². The SMILES string of the molecule is C=CCOc1ccc(CNC2(CO)CCC2)cc1. The maximum absolute atomic E-state index is 9.36. The van der Waals surface area contributed by atoms with Crippen molar-refractivity contribution in [1.29, 1.82) is 0 Å². The molecule has 18 heavy (non-hydrogen) atoms. The fourth-order valence-corrected chi connectivity index (χ4v) is 2.14. The van der Waals surface area contributed by atoms with Crippen LogP contribution >= 0.6 is 0 Å². The molecule has 2 N–H and O–H groups in total. The van der Waals surface area contributed by atoms with Gasteiger partial charge >= 0.3 is 0 Å². The third-order valence-electron chi connectivity index (χ3n) is 3.57. The van der Waals surface area contributed by atoms with Crippen LogP contribution in [0.25, 0.3) is 0 Å². The Morgan fingerprint density at radius 1 is 1.33 bits per heavy atom. The summed E-state index contributed by atoms with van der Waals surface area (Å²) < 4.78 is 5.43. The lowest BCUT2D eigenvalue weighted by atomic mass is 9.77. The molecule has 3 nitrogen and oxygen atoms in total. The van der Waals surface area contributed by atoms with Gasteiger partial charge in [-0.25, -0.2) is 0 Å². The predicted octanol–water partition coefficient (Wildman–Crippen LogP) is 2.26. The number of rotatable bonds is 7. The van der Waals surface area contributed by atoms with Crippen LogP contribution in [0, 0.1) is 0 Å². The summed E-state index contributed by atoms with van der Waals surface area (Å²) >= 11 is 0. The van der Waals surface area contributed by atoms with Crippen LogP contribution < -0.4 is 10.1 Å². The molecule has 0 amide bonds. The van der Waals surface area contributed by atoms with Gasteiger partial charge in [0.1, 0.15) is 12.4 Å². The van der Waals surface area contributed by atoms with Crippen LogP contribution in [0.3, 0.4) is 0 Å². The highest BCUT2D eigenvalue weighted by Gasteiger charge is 2.35. The molecule has 3 heteroatoms. The third-order valence-corrected chi connectivity index (χ3v) is 3.57. The molecule has 0 aliphatic heterocycles. The summed E-state index contributed by atoms with van der Waals surface area (Å²) in [6, 6.07) is 8.03. The Kier molecular flexibility index (Phi) is 4.39. The predicted molar refractivity (Wildman–Crippen MR) is 72.6 cm³/mol. The topological polar surface area (TPSA) is 41.5 Å². The van der Waals surface area contributed by atoms with E-state index in [0.717, 1.165) is 25.1 Å².